The van der Waals surface area contributed by atoms with Gasteiger partial charge < -0.3 is 10.4 Å². The first-order valence-corrected chi connectivity index (χ1v) is 7.05. The highest BCUT2D eigenvalue weighted by molar-refractivity contribution is 14.1. The smallest absolute Gasteiger partial charge is 0.330 e. The summed E-state index contributed by atoms with van der Waals surface area (Å²) in [4.78, 5) is 22.0. The van der Waals surface area contributed by atoms with Crippen LogP contribution in [0.3, 0.4) is 0 Å². The minimum atomic E-state index is -1.10. The number of nitro benzene ring substituents is 1. The lowest BCUT2D eigenvalue weighted by atomic mass is 10.1. The number of carbonyl (C=O) groups is 1. The third-order valence-corrected chi connectivity index (χ3v) is 3.51. The predicted molar refractivity (Wildman–Crippen MR) is 86.3 cm³/mol. The van der Waals surface area contributed by atoms with Crippen LogP contribution in [-0.4, -0.2) is 16.0 Å². The molecule has 0 heterocycles. The number of aliphatic carboxylic acids is 1. The van der Waals surface area contributed by atoms with E-state index < -0.39 is 16.9 Å². The normalized spacial score (nSPS) is 11.7. The number of hydrogen-bond acceptors (Lipinski definition) is 4. The molecule has 0 saturated heterocycles. The summed E-state index contributed by atoms with van der Waals surface area (Å²) in [5.41, 5.74) is 0.554. The van der Waals surface area contributed by atoms with Crippen molar-refractivity contribution in [2.24, 2.45) is 0 Å². The summed E-state index contributed by atoms with van der Waals surface area (Å²) in [6, 6.07) is 12.1. The number of hydrogen-bond donors (Lipinski definition) is 2. The maximum atomic E-state index is 11.4. The van der Waals surface area contributed by atoms with E-state index >= 15 is 0 Å². The highest BCUT2D eigenvalue weighted by Crippen LogP contribution is 2.30. The van der Waals surface area contributed by atoms with Gasteiger partial charge in [0.15, 0.2) is 6.04 Å². The average Bonchev–Trinajstić information content (AvgIpc) is 2.46. The number of halogens is 1. The third-order valence-electron chi connectivity index (χ3n) is 2.84. The molecule has 2 aromatic carbocycles. The number of nitrogens with zero attached hydrogens (tertiary/aromatic N) is 1. The Morgan fingerprint density at radius 1 is 1.24 bits per heavy atom. The summed E-state index contributed by atoms with van der Waals surface area (Å²) in [6.07, 6.45) is 0. The number of nitrogens with one attached hydrogen (secondary N) is 1. The second-order valence-electron chi connectivity index (χ2n) is 4.24. The Hall–Kier alpha value is -2.16. The number of benzene rings is 2. The second kappa shape index (κ2) is 6.53. The van der Waals surface area contributed by atoms with Gasteiger partial charge in [0.2, 0.25) is 0 Å². The van der Waals surface area contributed by atoms with Crippen LogP contribution in [0.25, 0.3) is 0 Å². The summed E-state index contributed by atoms with van der Waals surface area (Å²) < 4.78 is 0.705. The molecule has 0 saturated carbocycles. The van der Waals surface area contributed by atoms with E-state index in [9.17, 15) is 20.0 Å². The van der Waals surface area contributed by atoms with E-state index in [1.54, 1.807) is 36.4 Å². The van der Waals surface area contributed by atoms with Crippen molar-refractivity contribution in [1.29, 1.82) is 0 Å². The van der Waals surface area contributed by atoms with E-state index in [0.29, 0.717) is 9.13 Å². The fourth-order valence-corrected chi connectivity index (χ4v) is 2.34. The van der Waals surface area contributed by atoms with Gasteiger partial charge in [-0.05, 0) is 40.3 Å². The number of carboxylic acids is 1. The number of nitro groups is 1. The van der Waals surface area contributed by atoms with Crippen molar-refractivity contribution in [3.05, 3.63) is 67.8 Å². The lowest BCUT2D eigenvalue weighted by molar-refractivity contribution is -0.384. The molecular formula is C14H11IN2O4. The van der Waals surface area contributed by atoms with Gasteiger partial charge >= 0.3 is 5.97 Å². The molecule has 0 amide bonds. The van der Waals surface area contributed by atoms with Crippen LogP contribution < -0.4 is 5.32 Å². The van der Waals surface area contributed by atoms with Crippen LogP contribution >= 0.6 is 22.6 Å². The molecule has 0 aliphatic heterocycles. The summed E-state index contributed by atoms with van der Waals surface area (Å²) in [5.74, 6) is -1.10. The van der Waals surface area contributed by atoms with Crippen LogP contribution in [0.2, 0.25) is 0 Å². The van der Waals surface area contributed by atoms with Crippen molar-refractivity contribution < 1.29 is 14.8 Å². The minimum Gasteiger partial charge on any atom is -0.479 e. The second-order valence-corrected chi connectivity index (χ2v) is 5.49. The topological polar surface area (TPSA) is 92.5 Å². The van der Waals surface area contributed by atoms with Gasteiger partial charge in [0.1, 0.15) is 5.69 Å². The number of carboxylic acid groups (broad SMARTS) is 1. The van der Waals surface area contributed by atoms with Crippen molar-refractivity contribution in [1.82, 2.24) is 0 Å². The highest BCUT2D eigenvalue weighted by Gasteiger charge is 2.23. The first-order valence-electron chi connectivity index (χ1n) is 5.97. The standard InChI is InChI=1S/C14H11IN2O4/c15-10-6-7-11(12(8-10)17(20)21)16-13(14(18)19)9-4-2-1-3-5-9/h1-8,13,16H,(H,18,19). The van der Waals surface area contributed by atoms with Crippen molar-refractivity contribution >= 4 is 39.9 Å². The van der Waals surface area contributed by atoms with Gasteiger partial charge in [-0.2, -0.15) is 0 Å². The predicted octanol–water partition coefficient (Wildman–Crippen LogP) is 3.44. The van der Waals surface area contributed by atoms with Gasteiger partial charge in [-0.3, -0.25) is 10.1 Å². The lowest BCUT2D eigenvalue weighted by Crippen LogP contribution is -2.21. The Labute approximate surface area is 134 Å². The Morgan fingerprint density at radius 3 is 2.48 bits per heavy atom. The molecule has 0 fully saturated rings. The molecule has 0 aromatic heterocycles. The molecule has 0 bridgehead atoms. The van der Waals surface area contributed by atoms with Crippen LogP contribution in [0.4, 0.5) is 11.4 Å². The zero-order valence-corrected chi connectivity index (χ0v) is 12.9. The Bertz CT molecular complexity index is 676. The zero-order valence-electron chi connectivity index (χ0n) is 10.7. The maximum Gasteiger partial charge on any atom is 0.330 e. The first kappa shape index (κ1) is 15.2. The molecule has 2 rings (SSSR count). The maximum absolute atomic E-state index is 11.4. The summed E-state index contributed by atoms with van der Waals surface area (Å²) in [5, 5.41) is 23.1. The summed E-state index contributed by atoms with van der Waals surface area (Å²) in [6.45, 7) is 0. The fourth-order valence-electron chi connectivity index (χ4n) is 1.87. The Morgan fingerprint density at radius 2 is 1.90 bits per heavy atom. The lowest BCUT2D eigenvalue weighted by Gasteiger charge is -2.16. The molecule has 2 N–H and O–H groups in total. The van der Waals surface area contributed by atoms with Crippen LogP contribution in [-0.2, 0) is 4.79 Å². The monoisotopic (exact) mass is 398 g/mol. The van der Waals surface area contributed by atoms with Crippen molar-refractivity contribution in [3.8, 4) is 0 Å². The van der Waals surface area contributed by atoms with Crippen LogP contribution in [0.15, 0.2) is 48.5 Å². The fraction of sp³-hybridized carbons (Fsp3) is 0.0714. The van der Waals surface area contributed by atoms with Gasteiger partial charge in [0, 0.05) is 9.64 Å². The summed E-state index contributed by atoms with van der Waals surface area (Å²) >= 11 is 1.97. The highest BCUT2D eigenvalue weighted by atomic mass is 127. The van der Waals surface area contributed by atoms with Gasteiger partial charge in [0.25, 0.3) is 5.69 Å². The Balaban J connectivity index is 2.39. The van der Waals surface area contributed by atoms with E-state index in [1.807, 2.05) is 22.6 Å². The van der Waals surface area contributed by atoms with Gasteiger partial charge in [-0.1, -0.05) is 30.3 Å². The minimum absolute atomic E-state index is 0.149. The van der Waals surface area contributed by atoms with Crippen LogP contribution in [0, 0.1) is 13.7 Å². The SMILES string of the molecule is O=C(O)C(Nc1ccc(I)cc1[N+](=O)[O-])c1ccccc1. The summed E-state index contributed by atoms with van der Waals surface area (Å²) in [7, 11) is 0. The third kappa shape index (κ3) is 3.69. The first-order chi connectivity index (χ1) is 9.99. The zero-order chi connectivity index (χ0) is 15.4. The molecule has 0 aliphatic carbocycles. The largest absolute Gasteiger partial charge is 0.479 e. The Kier molecular flexibility index (Phi) is 4.73. The molecule has 0 radical (unpaired) electrons. The molecule has 1 atom stereocenters. The van der Waals surface area contributed by atoms with Crippen molar-refractivity contribution in [3.63, 3.8) is 0 Å². The molecular weight excluding hydrogens is 387 g/mol. The number of rotatable bonds is 5. The van der Waals surface area contributed by atoms with E-state index in [0.717, 1.165) is 0 Å². The van der Waals surface area contributed by atoms with E-state index in [2.05, 4.69) is 5.32 Å². The van der Waals surface area contributed by atoms with Crippen LogP contribution in [0.1, 0.15) is 11.6 Å². The van der Waals surface area contributed by atoms with Gasteiger partial charge in [-0.15, -0.1) is 0 Å². The van der Waals surface area contributed by atoms with Gasteiger partial charge in [0.05, 0.1) is 4.92 Å². The molecule has 0 aliphatic rings. The molecule has 7 heteroatoms. The van der Waals surface area contributed by atoms with Crippen molar-refractivity contribution in [2.75, 3.05) is 5.32 Å². The van der Waals surface area contributed by atoms with E-state index in [1.165, 1.54) is 12.1 Å². The molecule has 21 heavy (non-hydrogen) atoms. The molecule has 108 valence electrons. The molecule has 0 spiro atoms. The number of anilines is 1. The molecule has 1 unspecified atom stereocenters. The molecule has 2 aromatic rings. The molecule has 6 nitrogen and oxygen atoms in total. The quantitative estimate of drug-likeness (QED) is 0.458. The van der Waals surface area contributed by atoms with E-state index in [-0.39, 0.29) is 11.4 Å². The van der Waals surface area contributed by atoms with Gasteiger partial charge in [-0.25, -0.2) is 4.79 Å². The van der Waals surface area contributed by atoms with Crippen molar-refractivity contribution in [2.45, 2.75) is 6.04 Å². The van der Waals surface area contributed by atoms with Crippen LogP contribution in [0.5, 0.6) is 0 Å². The average molecular weight is 398 g/mol. The van der Waals surface area contributed by atoms with E-state index in [4.69, 9.17) is 0 Å².